The van der Waals surface area contributed by atoms with E-state index in [0.29, 0.717) is 6.42 Å². The molecule has 2 aromatic heterocycles. The van der Waals surface area contributed by atoms with Crippen molar-refractivity contribution in [2.75, 3.05) is 19.6 Å². The Labute approximate surface area is 176 Å². The molecule has 1 aromatic carbocycles. The van der Waals surface area contributed by atoms with Gasteiger partial charge in [-0.2, -0.15) is 18.3 Å². The maximum Gasteiger partial charge on any atom is 0.435 e. The third-order valence-corrected chi connectivity index (χ3v) is 4.67. The van der Waals surface area contributed by atoms with Crippen molar-refractivity contribution in [1.82, 2.24) is 19.7 Å². The molecule has 2 N–H and O–H groups in total. The zero-order valence-electron chi connectivity index (χ0n) is 15.8. The van der Waals surface area contributed by atoms with Crippen molar-refractivity contribution in [2.24, 2.45) is 5.73 Å². The first kappa shape index (κ1) is 21.8. The Hall–Kier alpha value is -2.91. The summed E-state index contributed by atoms with van der Waals surface area (Å²) in [5, 5.41) is 3.78. The fourth-order valence-electron chi connectivity index (χ4n) is 2.91. The van der Waals surface area contributed by atoms with Gasteiger partial charge in [0.1, 0.15) is 5.69 Å². The van der Waals surface area contributed by atoms with Crippen LogP contribution in [0.15, 0.2) is 54.7 Å². The van der Waals surface area contributed by atoms with Gasteiger partial charge in [-0.15, -0.1) is 0 Å². The second-order valence-corrected chi connectivity index (χ2v) is 6.83. The third kappa shape index (κ3) is 4.98. The van der Waals surface area contributed by atoms with Crippen LogP contribution in [-0.2, 0) is 12.6 Å². The number of hydrogen-bond donors (Lipinski definition) is 1. The van der Waals surface area contributed by atoms with Crippen molar-refractivity contribution in [1.29, 1.82) is 0 Å². The molecule has 0 atom stereocenters. The highest BCUT2D eigenvalue weighted by Gasteiger charge is 2.37. The van der Waals surface area contributed by atoms with Gasteiger partial charge in [-0.1, -0.05) is 29.8 Å². The molecule has 3 rings (SSSR count). The molecule has 2 heterocycles. The number of pyridine rings is 1. The number of nitrogens with two attached hydrogens (primary N) is 1. The largest absolute Gasteiger partial charge is 0.435 e. The molecular weight excluding hydrogens is 419 g/mol. The van der Waals surface area contributed by atoms with Gasteiger partial charge in [-0.05, 0) is 24.3 Å². The number of carbonyl (C=O) groups excluding carboxylic acids is 1. The first-order valence-electron chi connectivity index (χ1n) is 9.12. The molecule has 3 aromatic rings. The molecular formula is C20H19ClF3N5O. The van der Waals surface area contributed by atoms with Crippen LogP contribution in [0.4, 0.5) is 13.2 Å². The van der Waals surface area contributed by atoms with E-state index in [0.717, 1.165) is 16.4 Å². The minimum atomic E-state index is -4.71. The molecule has 0 spiro atoms. The maximum atomic E-state index is 13.3. The Balaban J connectivity index is 1.97. The molecule has 0 saturated carbocycles. The number of benzene rings is 1. The standard InChI is InChI=1S/C20H19ClF3N5O/c21-15-6-1-2-7-16(15)29-17(13-18(27-29)20(22,23)24)19(30)28(12-9-25)11-8-14-5-3-4-10-26-14/h1-7,10,13H,8-9,11-12,25H2. The van der Waals surface area contributed by atoms with Crippen LogP contribution in [0, 0.1) is 0 Å². The van der Waals surface area contributed by atoms with Gasteiger partial charge >= 0.3 is 6.18 Å². The molecule has 0 aliphatic rings. The number of carbonyl (C=O) groups is 1. The fraction of sp³-hybridized carbons (Fsp3) is 0.250. The molecule has 0 radical (unpaired) electrons. The van der Waals surface area contributed by atoms with E-state index in [1.807, 2.05) is 6.07 Å². The van der Waals surface area contributed by atoms with Crippen LogP contribution >= 0.6 is 11.6 Å². The van der Waals surface area contributed by atoms with Gasteiger partial charge in [0.15, 0.2) is 5.69 Å². The quantitative estimate of drug-likeness (QED) is 0.613. The zero-order valence-corrected chi connectivity index (χ0v) is 16.6. The topological polar surface area (TPSA) is 77.0 Å². The zero-order chi connectivity index (χ0) is 21.7. The van der Waals surface area contributed by atoms with Gasteiger partial charge in [-0.3, -0.25) is 9.78 Å². The molecule has 30 heavy (non-hydrogen) atoms. The minimum Gasteiger partial charge on any atom is -0.336 e. The van der Waals surface area contributed by atoms with Gasteiger partial charge in [-0.25, -0.2) is 4.68 Å². The summed E-state index contributed by atoms with van der Waals surface area (Å²) in [6, 6.07) is 12.4. The normalized spacial score (nSPS) is 11.5. The van der Waals surface area contributed by atoms with Crippen LogP contribution in [0.2, 0.25) is 5.02 Å². The first-order chi connectivity index (χ1) is 14.3. The molecule has 10 heteroatoms. The highest BCUT2D eigenvalue weighted by molar-refractivity contribution is 6.32. The van der Waals surface area contributed by atoms with Crippen molar-refractivity contribution >= 4 is 17.5 Å². The van der Waals surface area contributed by atoms with Crippen molar-refractivity contribution in [3.8, 4) is 5.69 Å². The van der Waals surface area contributed by atoms with Crippen LogP contribution in [0.25, 0.3) is 5.69 Å². The van der Waals surface area contributed by atoms with E-state index in [2.05, 4.69) is 10.1 Å². The molecule has 0 aliphatic carbocycles. The molecule has 0 fully saturated rings. The van der Waals surface area contributed by atoms with Gasteiger partial charge < -0.3 is 10.6 Å². The fourth-order valence-corrected chi connectivity index (χ4v) is 3.12. The second-order valence-electron chi connectivity index (χ2n) is 6.43. The molecule has 158 valence electrons. The van der Waals surface area contributed by atoms with E-state index in [1.54, 1.807) is 30.5 Å². The first-order valence-corrected chi connectivity index (χ1v) is 9.50. The van der Waals surface area contributed by atoms with E-state index < -0.39 is 17.8 Å². The molecule has 0 aliphatic heterocycles. The molecule has 6 nitrogen and oxygen atoms in total. The lowest BCUT2D eigenvalue weighted by Gasteiger charge is -2.22. The van der Waals surface area contributed by atoms with Crippen molar-refractivity contribution < 1.29 is 18.0 Å². The van der Waals surface area contributed by atoms with Crippen molar-refractivity contribution in [2.45, 2.75) is 12.6 Å². The summed E-state index contributed by atoms with van der Waals surface area (Å²) in [5.74, 6) is -0.626. The van der Waals surface area contributed by atoms with E-state index in [4.69, 9.17) is 17.3 Å². The smallest absolute Gasteiger partial charge is 0.336 e. The molecule has 0 bridgehead atoms. The highest BCUT2D eigenvalue weighted by atomic mass is 35.5. The summed E-state index contributed by atoms with van der Waals surface area (Å²) < 4.78 is 40.9. The number of nitrogens with zero attached hydrogens (tertiary/aromatic N) is 4. The summed E-state index contributed by atoms with van der Waals surface area (Å²) in [5.41, 5.74) is 5.13. The second kappa shape index (κ2) is 9.27. The monoisotopic (exact) mass is 437 g/mol. The Bertz CT molecular complexity index is 1010. The lowest BCUT2D eigenvalue weighted by molar-refractivity contribution is -0.141. The maximum absolute atomic E-state index is 13.3. The third-order valence-electron chi connectivity index (χ3n) is 4.35. The van der Waals surface area contributed by atoms with Gasteiger partial charge in [0.2, 0.25) is 0 Å². The van der Waals surface area contributed by atoms with Gasteiger partial charge in [0.05, 0.1) is 10.7 Å². The van der Waals surface area contributed by atoms with Crippen LogP contribution in [0.1, 0.15) is 21.9 Å². The number of halogens is 4. The summed E-state index contributed by atoms with van der Waals surface area (Å²) in [4.78, 5) is 18.8. The molecule has 1 amide bonds. The number of rotatable bonds is 7. The lowest BCUT2D eigenvalue weighted by Crippen LogP contribution is -2.38. The Morgan fingerprint density at radius 1 is 1.13 bits per heavy atom. The van der Waals surface area contributed by atoms with E-state index in [9.17, 15) is 18.0 Å². The predicted octanol–water partition coefficient (Wildman–Crippen LogP) is 3.58. The van der Waals surface area contributed by atoms with E-state index in [1.165, 1.54) is 17.0 Å². The van der Waals surface area contributed by atoms with E-state index in [-0.39, 0.29) is 36.0 Å². The minimum absolute atomic E-state index is 0.153. The Kier molecular flexibility index (Phi) is 6.73. The average molecular weight is 438 g/mol. The van der Waals surface area contributed by atoms with Gasteiger partial charge in [0, 0.05) is 44.0 Å². The van der Waals surface area contributed by atoms with Gasteiger partial charge in [0.25, 0.3) is 5.91 Å². The number of alkyl halides is 3. The SMILES string of the molecule is NCCN(CCc1ccccn1)C(=O)c1cc(C(F)(F)F)nn1-c1ccccc1Cl. The number of amides is 1. The number of para-hydroxylation sites is 1. The van der Waals surface area contributed by atoms with Crippen LogP contribution in [0.3, 0.4) is 0 Å². The molecule has 0 unspecified atom stereocenters. The van der Waals surface area contributed by atoms with Crippen LogP contribution in [0.5, 0.6) is 0 Å². The van der Waals surface area contributed by atoms with Crippen molar-refractivity contribution in [3.63, 3.8) is 0 Å². The number of hydrogen-bond acceptors (Lipinski definition) is 4. The average Bonchev–Trinajstić information content (AvgIpc) is 3.17. The predicted molar refractivity (Wildman–Crippen MR) is 106 cm³/mol. The summed E-state index contributed by atoms with van der Waals surface area (Å²) >= 11 is 6.15. The molecule has 0 saturated heterocycles. The van der Waals surface area contributed by atoms with Crippen LogP contribution in [-0.4, -0.2) is 45.2 Å². The Morgan fingerprint density at radius 2 is 1.87 bits per heavy atom. The summed E-state index contributed by atoms with van der Waals surface area (Å²) in [6.45, 7) is 0.559. The number of aromatic nitrogens is 3. The Morgan fingerprint density at radius 3 is 2.50 bits per heavy atom. The summed E-state index contributed by atoms with van der Waals surface area (Å²) in [7, 11) is 0. The van der Waals surface area contributed by atoms with Crippen molar-refractivity contribution in [3.05, 3.63) is 76.8 Å². The highest BCUT2D eigenvalue weighted by Crippen LogP contribution is 2.31. The lowest BCUT2D eigenvalue weighted by atomic mass is 10.2. The summed E-state index contributed by atoms with van der Waals surface area (Å²) in [6.07, 6.45) is -2.65. The van der Waals surface area contributed by atoms with E-state index >= 15 is 0 Å². The van der Waals surface area contributed by atoms with Crippen LogP contribution < -0.4 is 5.73 Å².